The van der Waals surface area contributed by atoms with Crippen LogP contribution in [-0.4, -0.2) is 29.9 Å². The monoisotopic (exact) mass is 303 g/mol. The third-order valence-corrected chi connectivity index (χ3v) is 4.04. The van der Waals surface area contributed by atoms with Crippen LogP contribution < -0.4 is 11.5 Å². The number of rotatable bonds is 7. The first-order valence-electron chi connectivity index (χ1n) is 6.34. The van der Waals surface area contributed by atoms with Gasteiger partial charge in [0.05, 0.1) is 16.9 Å². The molecule has 6 heteroatoms. The fraction of sp³-hybridized carbons (Fsp3) is 0.615. The van der Waals surface area contributed by atoms with Crippen LogP contribution in [0.25, 0.3) is 0 Å². The summed E-state index contributed by atoms with van der Waals surface area (Å²) in [5.41, 5.74) is 11.4. The lowest BCUT2D eigenvalue weighted by Crippen LogP contribution is -2.44. The topological polar surface area (TPSA) is 72.3 Å². The van der Waals surface area contributed by atoms with E-state index in [-0.39, 0.29) is 24.5 Å². The number of nitrogens with two attached hydrogens (primary N) is 2. The minimum atomic E-state index is -0.339. The molecule has 0 radical (unpaired) electrons. The Kier molecular flexibility index (Phi) is 6.26. The lowest BCUT2D eigenvalue weighted by atomic mass is 10.0. The lowest BCUT2D eigenvalue weighted by Gasteiger charge is -2.34. The highest BCUT2D eigenvalue weighted by molar-refractivity contribution is 7.16. The van der Waals surface area contributed by atoms with Gasteiger partial charge in [-0.05, 0) is 25.0 Å². The predicted molar refractivity (Wildman–Crippen MR) is 81.3 cm³/mol. The molecule has 19 heavy (non-hydrogen) atoms. The van der Waals surface area contributed by atoms with Crippen molar-refractivity contribution >= 4 is 28.8 Å². The normalized spacial score (nSPS) is 14.9. The molecule has 0 aliphatic rings. The van der Waals surface area contributed by atoms with E-state index in [1.165, 1.54) is 11.3 Å². The number of thiophene rings is 1. The fourth-order valence-corrected chi connectivity index (χ4v) is 3.52. The zero-order chi connectivity index (χ0) is 14.6. The van der Waals surface area contributed by atoms with Gasteiger partial charge in [-0.2, -0.15) is 0 Å². The number of primary amides is 1. The molecule has 0 saturated carbocycles. The second-order valence-corrected chi connectivity index (χ2v) is 6.98. The molecule has 0 saturated heterocycles. The van der Waals surface area contributed by atoms with E-state index in [2.05, 4.69) is 13.8 Å². The van der Waals surface area contributed by atoms with E-state index in [4.69, 9.17) is 23.1 Å². The number of hydrogen-bond donors (Lipinski definition) is 2. The molecule has 0 aliphatic carbocycles. The highest BCUT2D eigenvalue weighted by atomic mass is 35.5. The van der Waals surface area contributed by atoms with E-state index >= 15 is 0 Å². The SMILES string of the molecule is CC(C)CN(CC(N)=O)C(c1ccc(Cl)s1)C(C)N. The average molecular weight is 304 g/mol. The fourth-order valence-electron chi connectivity index (χ4n) is 2.20. The van der Waals surface area contributed by atoms with Crippen molar-refractivity contribution in [2.45, 2.75) is 32.9 Å². The summed E-state index contributed by atoms with van der Waals surface area (Å²) in [4.78, 5) is 14.4. The molecule has 0 aromatic carbocycles. The van der Waals surface area contributed by atoms with Gasteiger partial charge in [0.2, 0.25) is 5.91 Å². The van der Waals surface area contributed by atoms with Gasteiger partial charge in [-0.25, -0.2) is 0 Å². The second-order valence-electron chi connectivity index (χ2n) is 5.24. The van der Waals surface area contributed by atoms with Crippen LogP contribution >= 0.6 is 22.9 Å². The molecule has 0 bridgehead atoms. The number of nitrogens with zero attached hydrogens (tertiary/aromatic N) is 1. The summed E-state index contributed by atoms with van der Waals surface area (Å²) >= 11 is 7.49. The number of carbonyl (C=O) groups excluding carboxylic acids is 1. The van der Waals surface area contributed by atoms with Crippen molar-refractivity contribution in [3.8, 4) is 0 Å². The molecular formula is C13H22ClN3OS. The van der Waals surface area contributed by atoms with Crippen molar-refractivity contribution in [3.63, 3.8) is 0 Å². The van der Waals surface area contributed by atoms with Crippen LogP contribution in [0.1, 0.15) is 31.7 Å². The summed E-state index contributed by atoms with van der Waals surface area (Å²) in [6, 6.07) is 3.68. The van der Waals surface area contributed by atoms with Crippen LogP contribution in [0, 0.1) is 5.92 Å². The molecule has 2 unspecified atom stereocenters. The molecule has 1 aromatic rings. The smallest absolute Gasteiger partial charge is 0.231 e. The molecule has 0 aliphatic heterocycles. The molecule has 4 nitrogen and oxygen atoms in total. The van der Waals surface area contributed by atoms with Crippen molar-refractivity contribution in [1.82, 2.24) is 4.90 Å². The molecule has 0 spiro atoms. The van der Waals surface area contributed by atoms with Crippen molar-refractivity contribution in [1.29, 1.82) is 0 Å². The van der Waals surface area contributed by atoms with E-state index in [0.29, 0.717) is 5.92 Å². The molecule has 4 N–H and O–H groups in total. The summed E-state index contributed by atoms with van der Waals surface area (Å²) in [6.07, 6.45) is 0. The standard InChI is InChI=1S/C13H22ClN3OS/c1-8(2)6-17(7-12(16)18)13(9(3)15)10-4-5-11(14)19-10/h4-5,8-9,13H,6-7,15H2,1-3H3,(H2,16,18). The summed E-state index contributed by atoms with van der Waals surface area (Å²) in [7, 11) is 0. The first-order valence-corrected chi connectivity index (χ1v) is 7.54. The Balaban J connectivity index is 3.00. The quantitative estimate of drug-likeness (QED) is 0.811. The molecular weight excluding hydrogens is 282 g/mol. The van der Waals surface area contributed by atoms with Gasteiger partial charge >= 0.3 is 0 Å². The van der Waals surface area contributed by atoms with Crippen LogP contribution in [0.15, 0.2) is 12.1 Å². The van der Waals surface area contributed by atoms with Crippen LogP contribution in [-0.2, 0) is 4.79 Å². The van der Waals surface area contributed by atoms with Gasteiger partial charge < -0.3 is 11.5 Å². The number of carbonyl (C=O) groups is 1. The van der Waals surface area contributed by atoms with Crippen molar-refractivity contribution < 1.29 is 4.79 Å². The van der Waals surface area contributed by atoms with E-state index < -0.39 is 0 Å². The maximum absolute atomic E-state index is 11.3. The summed E-state index contributed by atoms with van der Waals surface area (Å²) in [5.74, 6) is 0.0880. The molecule has 1 amide bonds. The summed E-state index contributed by atoms with van der Waals surface area (Å²) < 4.78 is 0.726. The van der Waals surface area contributed by atoms with E-state index in [1.807, 2.05) is 24.0 Å². The molecule has 1 aromatic heterocycles. The maximum Gasteiger partial charge on any atom is 0.231 e. The highest BCUT2D eigenvalue weighted by Crippen LogP contribution is 2.32. The number of hydrogen-bond acceptors (Lipinski definition) is 4. The molecule has 108 valence electrons. The van der Waals surface area contributed by atoms with Crippen molar-refractivity contribution in [2.75, 3.05) is 13.1 Å². The van der Waals surface area contributed by atoms with Gasteiger partial charge in [0.1, 0.15) is 0 Å². The number of halogens is 1. The highest BCUT2D eigenvalue weighted by Gasteiger charge is 2.27. The van der Waals surface area contributed by atoms with Gasteiger partial charge in [-0.1, -0.05) is 25.4 Å². The van der Waals surface area contributed by atoms with E-state index in [1.54, 1.807) is 0 Å². The van der Waals surface area contributed by atoms with Crippen molar-refractivity contribution in [3.05, 3.63) is 21.3 Å². The zero-order valence-corrected chi connectivity index (χ0v) is 13.2. The van der Waals surface area contributed by atoms with Gasteiger partial charge in [0, 0.05) is 17.5 Å². The second kappa shape index (κ2) is 7.24. The summed E-state index contributed by atoms with van der Waals surface area (Å²) in [5, 5.41) is 0. The summed E-state index contributed by atoms with van der Waals surface area (Å²) in [6.45, 7) is 7.12. The predicted octanol–water partition coefficient (Wildman–Crippen LogP) is 2.23. The first kappa shape index (κ1) is 16.4. The van der Waals surface area contributed by atoms with Gasteiger partial charge in [0.25, 0.3) is 0 Å². The first-order chi connectivity index (χ1) is 8.81. The lowest BCUT2D eigenvalue weighted by molar-refractivity contribution is -0.119. The number of amides is 1. The van der Waals surface area contributed by atoms with E-state index in [9.17, 15) is 4.79 Å². The maximum atomic E-state index is 11.3. The minimum absolute atomic E-state index is 0.0348. The van der Waals surface area contributed by atoms with Crippen LogP contribution in [0.4, 0.5) is 0 Å². The van der Waals surface area contributed by atoms with Crippen LogP contribution in [0.5, 0.6) is 0 Å². The Morgan fingerprint density at radius 3 is 2.42 bits per heavy atom. The molecule has 0 fully saturated rings. The van der Waals surface area contributed by atoms with Crippen LogP contribution in [0.2, 0.25) is 4.34 Å². The zero-order valence-electron chi connectivity index (χ0n) is 11.6. The molecule has 2 atom stereocenters. The third kappa shape index (κ3) is 5.10. The Hall–Kier alpha value is -0.620. The Labute approximate surface area is 123 Å². The average Bonchev–Trinajstić information content (AvgIpc) is 2.62. The Morgan fingerprint density at radius 2 is 2.05 bits per heavy atom. The van der Waals surface area contributed by atoms with Crippen LogP contribution in [0.3, 0.4) is 0 Å². The largest absolute Gasteiger partial charge is 0.369 e. The molecule has 1 rings (SSSR count). The third-order valence-electron chi connectivity index (χ3n) is 2.74. The minimum Gasteiger partial charge on any atom is -0.369 e. The van der Waals surface area contributed by atoms with Gasteiger partial charge in [-0.15, -0.1) is 11.3 Å². The Morgan fingerprint density at radius 1 is 1.42 bits per heavy atom. The van der Waals surface area contributed by atoms with Gasteiger partial charge in [0.15, 0.2) is 0 Å². The Bertz CT molecular complexity index is 420. The van der Waals surface area contributed by atoms with E-state index in [0.717, 1.165) is 15.8 Å². The molecule has 1 heterocycles. The van der Waals surface area contributed by atoms with Crippen molar-refractivity contribution in [2.24, 2.45) is 17.4 Å². The van der Waals surface area contributed by atoms with Gasteiger partial charge in [-0.3, -0.25) is 9.69 Å².